The van der Waals surface area contributed by atoms with Crippen LogP contribution >= 0.6 is 0 Å². The van der Waals surface area contributed by atoms with Gasteiger partial charge in [-0.25, -0.2) is 4.68 Å². The number of ether oxygens (including phenoxy) is 1. The van der Waals surface area contributed by atoms with Crippen molar-refractivity contribution in [2.45, 2.75) is 76.8 Å². The lowest BCUT2D eigenvalue weighted by atomic mass is 10.0. The van der Waals surface area contributed by atoms with E-state index in [1.165, 1.54) is 15.8 Å². The third kappa shape index (κ3) is 3.54. The lowest BCUT2D eigenvalue weighted by molar-refractivity contribution is -0.0860. The fourth-order valence-electron chi connectivity index (χ4n) is 5.22. The van der Waals surface area contributed by atoms with Gasteiger partial charge in [0.25, 0.3) is 0 Å². The number of benzene rings is 1. The summed E-state index contributed by atoms with van der Waals surface area (Å²) in [6, 6.07) is 8.83. The van der Waals surface area contributed by atoms with Gasteiger partial charge in [0.15, 0.2) is 5.82 Å². The summed E-state index contributed by atoms with van der Waals surface area (Å²) < 4.78 is 9.30. The zero-order valence-electron chi connectivity index (χ0n) is 17.7. The molecule has 1 atom stereocenters. The van der Waals surface area contributed by atoms with E-state index in [1.54, 1.807) is 4.57 Å². The maximum Gasteiger partial charge on any atom is 0.332 e. The topological polar surface area (TPSA) is 69.4 Å². The molecule has 1 saturated carbocycles. The Morgan fingerprint density at radius 2 is 1.80 bits per heavy atom. The van der Waals surface area contributed by atoms with Crippen molar-refractivity contribution in [3.05, 3.63) is 61.9 Å². The van der Waals surface area contributed by atoms with Gasteiger partial charge in [-0.05, 0) is 36.8 Å². The molecule has 0 amide bonds. The molecule has 2 aliphatic heterocycles. The summed E-state index contributed by atoms with van der Waals surface area (Å²) in [7, 11) is 0. The summed E-state index contributed by atoms with van der Waals surface area (Å²) >= 11 is 0. The number of fused-ring (bicyclic) bond motifs is 1. The molecule has 1 saturated heterocycles. The van der Waals surface area contributed by atoms with E-state index >= 15 is 0 Å². The normalized spacial score (nSPS) is 24.6. The third-order valence-corrected chi connectivity index (χ3v) is 7.03. The number of likely N-dealkylation sites (tertiary alicyclic amines) is 1. The van der Waals surface area contributed by atoms with Crippen molar-refractivity contribution in [3.63, 3.8) is 0 Å². The lowest BCUT2D eigenvalue weighted by Gasteiger charge is -2.35. The Bertz CT molecular complexity index is 1040. The minimum absolute atomic E-state index is 0.0630. The predicted molar refractivity (Wildman–Crippen MR) is 113 cm³/mol. The molecular weight excluding hydrogens is 380 g/mol. The van der Waals surface area contributed by atoms with Crippen LogP contribution in [0.25, 0.3) is 0 Å². The van der Waals surface area contributed by atoms with Gasteiger partial charge in [0.2, 0.25) is 0 Å². The van der Waals surface area contributed by atoms with Crippen LogP contribution in [0.4, 0.5) is 0 Å². The second kappa shape index (κ2) is 7.78. The Morgan fingerprint density at radius 3 is 2.53 bits per heavy atom. The molecule has 1 spiro atoms. The van der Waals surface area contributed by atoms with Crippen molar-refractivity contribution in [2.75, 3.05) is 13.1 Å². The van der Waals surface area contributed by atoms with Crippen LogP contribution in [-0.2, 0) is 30.9 Å². The van der Waals surface area contributed by atoms with E-state index in [0.717, 1.165) is 58.2 Å². The molecular formula is C23H30N4O3. The highest BCUT2D eigenvalue weighted by Crippen LogP contribution is 2.32. The van der Waals surface area contributed by atoms with Crippen molar-refractivity contribution in [1.82, 2.24) is 19.2 Å². The first-order chi connectivity index (χ1) is 14.6. The minimum Gasteiger partial charge on any atom is -0.364 e. The molecule has 30 heavy (non-hydrogen) atoms. The molecule has 0 unspecified atom stereocenters. The summed E-state index contributed by atoms with van der Waals surface area (Å²) in [6.07, 6.45) is 5.94. The van der Waals surface area contributed by atoms with E-state index < -0.39 is 16.7 Å². The number of nitrogens with zero attached hydrogens (tertiary/aromatic N) is 4. The Morgan fingerprint density at radius 1 is 1.07 bits per heavy atom. The van der Waals surface area contributed by atoms with E-state index in [1.807, 2.05) is 0 Å². The van der Waals surface area contributed by atoms with E-state index in [2.05, 4.69) is 41.2 Å². The SMILES string of the molecule is CCc1ccc(CN2CC[C@]3(C2)Cn2c(nn(C4CCCC4)c(=O)c2=O)CO3)cc1. The van der Waals surface area contributed by atoms with Crippen LogP contribution in [0.3, 0.4) is 0 Å². The Hall–Kier alpha value is -2.25. The molecule has 0 radical (unpaired) electrons. The van der Waals surface area contributed by atoms with Gasteiger partial charge in [-0.15, -0.1) is 0 Å². The first-order valence-electron chi connectivity index (χ1n) is 11.2. The molecule has 7 nitrogen and oxygen atoms in total. The number of rotatable bonds is 4. The van der Waals surface area contributed by atoms with Gasteiger partial charge in [0.05, 0.1) is 12.6 Å². The summed E-state index contributed by atoms with van der Waals surface area (Å²) in [4.78, 5) is 28.0. The van der Waals surface area contributed by atoms with Crippen LogP contribution < -0.4 is 11.1 Å². The van der Waals surface area contributed by atoms with Gasteiger partial charge >= 0.3 is 11.1 Å². The maximum absolute atomic E-state index is 12.9. The Balaban J connectivity index is 1.33. The minimum atomic E-state index is -0.478. The average Bonchev–Trinajstić information content (AvgIpc) is 3.43. The summed E-state index contributed by atoms with van der Waals surface area (Å²) in [5.41, 5.74) is 1.31. The van der Waals surface area contributed by atoms with Crippen molar-refractivity contribution >= 4 is 0 Å². The number of hydrogen-bond donors (Lipinski definition) is 0. The van der Waals surface area contributed by atoms with Gasteiger partial charge in [0, 0.05) is 19.6 Å². The van der Waals surface area contributed by atoms with E-state index in [4.69, 9.17) is 4.74 Å². The summed E-state index contributed by atoms with van der Waals surface area (Å²) in [5, 5.41) is 4.54. The van der Waals surface area contributed by atoms with Crippen LogP contribution in [-0.4, -0.2) is 37.9 Å². The van der Waals surface area contributed by atoms with Crippen LogP contribution in [0, 0.1) is 0 Å². The molecule has 0 bridgehead atoms. The fraction of sp³-hybridized carbons (Fsp3) is 0.609. The van der Waals surface area contributed by atoms with Crippen molar-refractivity contribution in [3.8, 4) is 0 Å². The molecule has 160 valence electrons. The van der Waals surface area contributed by atoms with Gasteiger partial charge in [0.1, 0.15) is 12.2 Å². The molecule has 3 aliphatic rings. The standard InChI is InChI=1S/C23H30N4O3/c1-2-17-7-9-18(10-8-17)13-25-12-11-23(15-25)16-26-20(14-30-23)24-27(22(29)21(26)28)19-5-3-4-6-19/h7-10,19H,2-6,11-16H2,1H3/t23-/m0/s1. The highest BCUT2D eigenvalue weighted by Gasteiger charge is 2.43. The fourth-order valence-corrected chi connectivity index (χ4v) is 5.22. The highest BCUT2D eigenvalue weighted by molar-refractivity contribution is 5.22. The third-order valence-electron chi connectivity index (χ3n) is 7.03. The quantitative estimate of drug-likeness (QED) is 0.723. The molecule has 0 N–H and O–H groups in total. The van der Waals surface area contributed by atoms with Gasteiger partial charge in [-0.1, -0.05) is 44.0 Å². The van der Waals surface area contributed by atoms with Gasteiger partial charge in [-0.3, -0.25) is 19.1 Å². The highest BCUT2D eigenvalue weighted by atomic mass is 16.5. The molecule has 1 aliphatic carbocycles. The number of hydrogen-bond acceptors (Lipinski definition) is 5. The van der Waals surface area contributed by atoms with Crippen LogP contribution in [0.5, 0.6) is 0 Å². The maximum atomic E-state index is 12.9. The predicted octanol–water partition coefficient (Wildman–Crippen LogP) is 2.26. The zero-order chi connectivity index (χ0) is 20.7. The first kappa shape index (κ1) is 19.7. The van der Waals surface area contributed by atoms with Gasteiger partial charge in [-0.2, -0.15) is 5.10 Å². The van der Waals surface area contributed by atoms with E-state index in [0.29, 0.717) is 19.0 Å². The van der Waals surface area contributed by atoms with Crippen molar-refractivity contribution in [1.29, 1.82) is 0 Å². The van der Waals surface area contributed by atoms with Crippen LogP contribution in [0.2, 0.25) is 0 Å². The molecule has 2 fully saturated rings. The zero-order valence-corrected chi connectivity index (χ0v) is 17.7. The monoisotopic (exact) mass is 410 g/mol. The lowest BCUT2D eigenvalue weighted by Crippen LogP contribution is -2.53. The molecule has 3 heterocycles. The molecule has 1 aromatic carbocycles. The van der Waals surface area contributed by atoms with Crippen molar-refractivity contribution < 1.29 is 4.74 Å². The second-order valence-corrected chi connectivity index (χ2v) is 9.10. The average molecular weight is 411 g/mol. The summed E-state index contributed by atoms with van der Waals surface area (Å²) in [6.45, 7) is 5.43. The largest absolute Gasteiger partial charge is 0.364 e. The van der Waals surface area contributed by atoms with Crippen LogP contribution in [0.1, 0.15) is 62.0 Å². The number of aryl methyl sites for hydroxylation is 1. The molecule has 5 rings (SSSR count). The van der Waals surface area contributed by atoms with Gasteiger partial charge < -0.3 is 4.74 Å². The van der Waals surface area contributed by atoms with E-state index in [-0.39, 0.29) is 6.04 Å². The molecule has 2 aromatic rings. The Labute approximate surface area is 176 Å². The number of aromatic nitrogens is 3. The smallest absolute Gasteiger partial charge is 0.332 e. The Kier molecular flexibility index (Phi) is 5.11. The summed E-state index contributed by atoms with van der Waals surface area (Å²) in [5.74, 6) is 0.589. The molecule has 1 aromatic heterocycles. The second-order valence-electron chi connectivity index (χ2n) is 9.10. The van der Waals surface area contributed by atoms with E-state index in [9.17, 15) is 9.59 Å². The van der Waals surface area contributed by atoms with Crippen molar-refractivity contribution in [2.24, 2.45) is 0 Å². The van der Waals surface area contributed by atoms with Crippen LogP contribution in [0.15, 0.2) is 33.9 Å². The molecule has 7 heteroatoms. The first-order valence-corrected chi connectivity index (χ1v) is 11.2.